The lowest BCUT2D eigenvalue weighted by atomic mass is 10.00. The second kappa shape index (κ2) is 32.6. The fourth-order valence-electron chi connectivity index (χ4n) is 8.52. The van der Waals surface area contributed by atoms with Gasteiger partial charge in [0, 0.05) is 41.4 Å². The zero-order valence-corrected chi connectivity index (χ0v) is 49.3. The first-order valence-corrected chi connectivity index (χ1v) is 31.2. The number of hydrogen-bond donors (Lipinski definition) is 14. The molecule has 29 heteroatoms. The van der Waals surface area contributed by atoms with Crippen molar-refractivity contribution in [2.24, 2.45) is 11.5 Å². The highest BCUT2D eigenvalue weighted by molar-refractivity contribution is 8.76. The van der Waals surface area contributed by atoms with E-state index in [1.165, 1.54) is 91.9 Å². The Morgan fingerprint density at radius 3 is 1.67 bits per heavy atom. The normalized spacial score (nSPS) is 20.7. The summed E-state index contributed by atoms with van der Waals surface area (Å²) < 4.78 is 27.7. The first kappa shape index (κ1) is 67.3. The Hall–Kier alpha value is -7.47. The summed E-state index contributed by atoms with van der Waals surface area (Å²) in [7, 11) is -0.628. The maximum Gasteiger partial charge on any atom is 0.248 e. The Kier molecular flexibility index (Phi) is 26.1. The lowest BCUT2D eigenvalue weighted by Gasteiger charge is -2.29. The molecule has 4 aromatic carbocycles. The van der Waals surface area contributed by atoms with E-state index < -0.39 is 118 Å². The highest BCUT2D eigenvalue weighted by Crippen LogP contribution is 2.25. The second-order valence-electron chi connectivity index (χ2n) is 19.9. The number of phenols is 2. The predicted molar refractivity (Wildman–Crippen MR) is 316 cm³/mol. The molecule has 2 unspecified atom stereocenters. The van der Waals surface area contributed by atoms with Crippen LogP contribution < -0.4 is 58.7 Å². The largest absolute Gasteiger partial charge is 0.508 e. The summed E-state index contributed by atoms with van der Waals surface area (Å²) in [4.78, 5) is 127. The van der Waals surface area contributed by atoms with Gasteiger partial charge in [-0.1, -0.05) is 81.7 Å². The quantitative estimate of drug-likeness (QED) is 0.0334. The Morgan fingerprint density at radius 1 is 0.655 bits per heavy atom. The number of sulfonamides is 1. The molecule has 0 saturated carbocycles. The number of unbranched alkanes of at least 4 members (excludes halogenated alkanes) is 1. The van der Waals surface area contributed by atoms with E-state index in [-0.39, 0.29) is 60.7 Å². The van der Waals surface area contributed by atoms with Crippen LogP contribution in [0.2, 0.25) is 5.02 Å². The number of amides is 9. The minimum atomic E-state index is -4.10. The van der Waals surface area contributed by atoms with Gasteiger partial charge in [-0.2, -0.15) is 0 Å². The Labute approximate surface area is 498 Å². The van der Waals surface area contributed by atoms with E-state index in [1.54, 1.807) is 19.2 Å². The number of aliphatic hydroxyl groups excluding tert-OH is 1. The van der Waals surface area contributed by atoms with Crippen LogP contribution in [0.5, 0.6) is 11.5 Å². The maximum absolute atomic E-state index is 14.9. The molecule has 1 fully saturated rings. The number of carbonyl (C=O) groups excluding carboxylic acids is 9. The third-order valence-corrected chi connectivity index (χ3v) is 16.5. The van der Waals surface area contributed by atoms with Crippen LogP contribution in [0.3, 0.4) is 0 Å². The monoisotopic (exact) mass is 1240 g/mol. The Balaban J connectivity index is 1.62. The molecule has 4 aromatic rings. The smallest absolute Gasteiger partial charge is 0.248 e. The van der Waals surface area contributed by atoms with Gasteiger partial charge in [-0.3, -0.25) is 43.2 Å². The van der Waals surface area contributed by atoms with E-state index in [0.29, 0.717) is 46.7 Å². The number of aliphatic hydroxyl groups is 1. The fourth-order valence-corrected chi connectivity index (χ4v) is 11.7. The number of primary amides is 2. The van der Waals surface area contributed by atoms with Gasteiger partial charge in [0.25, 0.3) is 0 Å². The number of benzene rings is 4. The minimum absolute atomic E-state index is 0.0390. The summed E-state index contributed by atoms with van der Waals surface area (Å²) in [6, 6.07) is 10.8. The van der Waals surface area contributed by atoms with Gasteiger partial charge in [0.15, 0.2) is 0 Å². The number of aromatic hydroxyl groups is 2. The maximum atomic E-state index is 14.9. The van der Waals surface area contributed by atoms with Crippen molar-refractivity contribution in [3.05, 3.63) is 130 Å². The average Bonchev–Trinajstić information content (AvgIpc) is 3.60. The average molecular weight is 1240 g/mol. The first-order valence-electron chi connectivity index (χ1n) is 26.4. The summed E-state index contributed by atoms with van der Waals surface area (Å²) in [5.74, 6) is -9.55. The minimum Gasteiger partial charge on any atom is -0.508 e. The van der Waals surface area contributed by atoms with Crippen LogP contribution in [0.1, 0.15) is 58.8 Å². The van der Waals surface area contributed by atoms with E-state index in [1.807, 2.05) is 0 Å². The molecule has 0 spiro atoms. The van der Waals surface area contributed by atoms with E-state index in [4.69, 9.17) is 23.1 Å². The van der Waals surface area contributed by atoms with E-state index >= 15 is 0 Å². The molecule has 16 N–H and O–H groups in total. The Bertz CT molecular complexity index is 3060. The summed E-state index contributed by atoms with van der Waals surface area (Å²) in [5, 5.41) is 52.6. The first-order chi connectivity index (χ1) is 39.8. The number of nitrogens with one attached hydrogen (secondary N) is 9. The fraction of sp³-hybridized carbons (Fsp3) is 0.400. The van der Waals surface area contributed by atoms with Gasteiger partial charge in [-0.05, 0) is 117 Å². The van der Waals surface area contributed by atoms with Gasteiger partial charge in [0.2, 0.25) is 63.2 Å². The lowest BCUT2D eigenvalue weighted by molar-refractivity contribution is -0.136. The molecule has 1 aliphatic rings. The molecule has 0 aliphatic carbocycles. The third-order valence-electron chi connectivity index (χ3n) is 13.1. The molecule has 0 bridgehead atoms. The van der Waals surface area contributed by atoms with Crippen LogP contribution >= 0.6 is 33.2 Å². The summed E-state index contributed by atoms with van der Waals surface area (Å²) in [6.07, 6.45) is -0.981. The summed E-state index contributed by atoms with van der Waals surface area (Å²) in [5.41, 5.74) is 13.1. The second-order valence-corrected chi connectivity index (χ2v) is 24.7. The van der Waals surface area contributed by atoms with Crippen molar-refractivity contribution < 1.29 is 66.9 Å². The molecule has 1 saturated heterocycles. The molecule has 1 heterocycles. The molecule has 0 aromatic heterocycles. The van der Waals surface area contributed by atoms with Crippen LogP contribution in [-0.2, 0) is 74.1 Å². The lowest BCUT2D eigenvalue weighted by Crippen LogP contribution is -2.62. The van der Waals surface area contributed by atoms with E-state index in [2.05, 4.69) is 47.3 Å². The molecule has 9 atom stereocenters. The molecule has 9 amide bonds. The standard InChI is InChI=1S/C55H70ClN11O14S3/c1-30(68)46-55(79)65-45(53(77)61-40(48(58)72)24-33-11-19-37(69)20-12-33)29-83-82-28-44(64-52(76)43(67-84(3,80)81)27-32-9-17-36(56)18-10-32)54(78)63-42(26-34-13-21-38(70)22-14-34)51(75)62-41(25-31-7-15-35(16-8-31)47(57)71)50(74)60-39(49(73)66-46)6-4-5-23-59-2/h7-22,30,39-46,59,67-70H,4-6,23-29H2,1-3H3,(H2,57,71)(H2,58,72)(H,60,74)(H,61,77)(H,62,75)(H,63,78)(H,64,76)(H,65,79)(H,66,73)/t30?,39-,40+,41+,42-,43-,44+,45-,46?/m0/s1. The molecule has 1 aliphatic heterocycles. The van der Waals surface area contributed by atoms with E-state index in [9.17, 15) is 66.9 Å². The third kappa shape index (κ3) is 22.3. The molecule has 84 heavy (non-hydrogen) atoms. The van der Waals surface area contributed by atoms with Crippen molar-refractivity contribution in [2.75, 3.05) is 31.4 Å². The van der Waals surface area contributed by atoms with Crippen molar-refractivity contribution in [2.45, 2.75) is 106 Å². The highest BCUT2D eigenvalue weighted by atomic mass is 35.5. The van der Waals surface area contributed by atoms with Crippen molar-refractivity contribution >= 4 is 96.4 Å². The SMILES string of the molecule is CNCCCC[C@@H]1NC(=O)[C@@H](Cc2ccc(C(N)=O)cc2)NC(=O)[C@H](Cc2ccc(O)cc2)NC(=O)[C@H](NC(=O)[C@H](Cc2ccc(Cl)cc2)NS(C)(=O)=O)CSSC[C@@H](C(=O)N[C@H](Cc2ccc(O)cc2)C(N)=O)NC(=O)C(C(C)O)NC1=O. The molecule has 5 rings (SSSR count). The number of carbonyl (C=O) groups is 9. The van der Waals surface area contributed by atoms with Crippen molar-refractivity contribution in [3.63, 3.8) is 0 Å². The van der Waals surface area contributed by atoms with Crippen LogP contribution in [0.15, 0.2) is 97.1 Å². The number of nitrogens with two attached hydrogens (primary N) is 2. The predicted octanol–water partition coefficient (Wildman–Crippen LogP) is -0.917. The molecular weight excluding hydrogens is 1170 g/mol. The summed E-state index contributed by atoms with van der Waals surface area (Å²) in [6.45, 7) is 1.70. The zero-order chi connectivity index (χ0) is 61.7. The van der Waals surface area contributed by atoms with Crippen LogP contribution in [-0.4, -0.2) is 163 Å². The number of hydrogen-bond acceptors (Lipinski definition) is 17. The van der Waals surface area contributed by atoms with Crippen LogP contribution in [0, 0.1) is 0 Å². The van der Waals surface area contributed by atoms with E-state index in [0.717, 1.165) is 27.8 Å². The highest BCUT2D eigenvalue weighted by Gasteiger charge is 2.37. The van der Waals surface area contributed by atoms with Gasteiger partial charge >= 0.3 is 0 Å². The molecule has 454 valence electrons. The van der Waals surface area contributed by atoms with Gasteiger partial charge in [-0.15, -0.1) is 0 Å². The van der Waals surface area contributed by atoms with Gasteiger partial charge < -0.3 is 69.3 Å². The van der Waals surface area contributed by atoms with Crippen molar-refractivity contribution in [3.8, 4) is 11.5 Å². The van der Waals surface area contributed by atoms with Crippen molar-refractivity contribution in [1.29, 1.82) is 0 Å². The van der Waals surface area contributed by atoms with Crippen LogP contribution in [0.25, 0.3) is 0 Å². The number of halogens is 1. The summed E-state index contributed by atoms with van der Waals surface area (Å²) >= 11 is 6.10. The van der Waals surface area contributed by atoms with Gasteiger partial charge in [0.1, 0.15) is 59.8 Å². The van der Waals surface area contributed by atoms with Crippen LogP contribution in [0.4, 0.5) is 0 Å². The number of rotatable bonds is 22. The van der Waals surface area contributed by atoms with Gasteiger partial charge in [0.05, 0.1) is 12.4 Å². The molecule has 25 nitrogen and oxygen atoms in total. The zero-order valence-electron chi connectivity index (χ0n) is 46.1. The van der Waals surface area contributed by atoms with Crippen molar-refractivity contribution in [1.82, 2.24) is 47.3 Å². The van der Waals surface area contributed by atoms with Gasteiger partial charge in [-0.25, -0.2) is 13.1 Å². The molecule has 0 radical (unpaired) electrons. The number of phenolic OH excluding ortho intramolecular Hbond substituents is 2. The topological polar surface area (TPSA) is 409 Å². The Morgan fingerprint density at radius 2 is 1.14 bits per heavy atom. The molecular formula is C55H70ClN11O14S3.